The standard InChI is InChI=1S/C14H19N7O/c1-3-9(2)17-8-18-11-6-4-5-10(7-11)12-19-14(22-21-12)20-13(15)16/h4-9H,3H2,1-2H3,(H,17,18)(H4,15,16,19,20,21). The Balaban J connectivity index is 2.13. The lowest BCUT2D eigenvalue weighted by molar-refractivity contribution is 0.430. The molecule has 22 heavy (non-hydrogen) atoms. The van der Waals surface area contributed by atoms with Crippen molar-refractivity contribution < 1.29 is 4.52 Å². The molecule has 8 nitrogen and oxygen atoms in total. The van der Waals surface area contributed by atoms with Gasteiger partial charge >= 0.3 is 6.01 Å². The maximum atomic E-state index is 5.26. The van der Waals surface area contributed by atoms with Gasteiger partial charge in [-0.3, -0.25) is 4.99 Å². The predicted molar refractivity (Wildman–Crippen MR) is 87.1 cm³/mol. The van der Waals surface area contributed by atoms with Gasteiger partial charge in [-0.15, -0.1) is 0 Å². The number of anilines is 1. The maximum Gasteiger partial charge on any atom is 0.351 e. The highest BCUT2D eigenvalue weighted by atomic mass is 16.5. The lowest BCUT2D eigenvalue weighted by Crippen LogP contribution is -2.21. The van der Waals surface area contributed by atoms with Crippen LogP contribution >= 0.6 is 0 Å². The Bertz CT molecular complexity index is 673. The van der Waals surface area contributed by atoms with E-state index in [0.29, 0.717) is 5.82 Å². The Hall–Kier alpha value is -2.90. The summed E-state index contributed by atoms with van der Waals surface area (Å²) in [6, 6.07) is 7.85. The van der Waals surface area contributed by atoms with Crippen molar-refractivity contribution in [1.82, 2.24) is 10.1 Å². The van der Waals surface area contributed by atoms with Crippen LogP contribution in [0, 0.1) is 0 Å². The first-order valence-electron chi connectivity index (χ1n) is 6.90. The number of nitrogens with zero attached hydrogens (tertiary/aromatic N) is 4. The number of guanidine groups is 1. The number of hydrogen-bond acceptors (Lipinski definition) is 5. The zero-order valence-electron chi connectivity index (χ0n) is 12.5. The molecule has 0 aliphatic carbocycles. The molecule has 0 aliphatic rings. The van der Waals surface area contributed by atoms with Gasteiger partial charge in [0.05, 0.1) is 6.34 Å². The third kappa shape index (κ3) is 4.30. The number of benzene rings is 1. The van der Waals surface area contributed by atoms with Crippen LogP contribution in [0.5, 0.6) is 0 Å². The first kappa shape index (κ1) is 15.5. The fourth-order valence-corrected chi connectivity index (χ4v) is 1.58. The van der Waals surface area contributed by atoms with Crippen LogP contribution in [-0.4, -0.2) is 28.5 Å². The molecule has 0 fully saturated rings. The van der Waals surface area contributed by atoms with Gasteiger partial charge < -0.3 is 21.3 Å². The van der Waals surface area contributed by atoms with Crippen LogP contribution in [0.2, 0.25) is 0 Å². The van der Waals surface area contributed by atoms with Crippen LogP contribution in [-0.2, 0) is 0 Å². The summed E-state index contributed by atoms with van der Waals surface area (Å²) in [7, 11) is 0. The zero-order valence-corrected chi connectivity index (χ0v) is 12.5. The summed E-state index contributed by atoms with van der Waals surface area (Å²) in [5.74, 6) is 0.273. The maximum absolute atomic E-state index is 5.26. The van der Waals surface area contributed by atoms with E-state index in [-0.39, 0.29) is 18.0 Å². The van der Waals surface area contributed by atoms with Crippen LogP contribution in [0.1, 0.15) is 20.3 Å². The summed E-state index contributed by atoms with van der Waals surface area (Å²) < 4.78 is 4.94. The minimum Gasteiger partial charge on any atom is -0.370 e. The van der Waals surface area contributed by atoms with E-state index in [1.807, 2.05) is 24.3 Å². The molecule has 0 saturated carbocycles. The van der Waals surface area contributed by atoms with Gasteiger partial charge in [0.25, 0.3) is 0 Å². The summed E-state index contributed by atoms with van der Waals surface area (Å²) in [4.78, 5) is 12.1. The normalized spacial score (nSPS) is 12.3. The SMILES string of the molecule is CCC(C)N=CNc1cccc(-c2noc(N=C(N)N)n2)c1. The van der Waals surface area contributed by atoms with E-state index < -0.39 is 0 Å². The molecule has 8 heteroatoms. The topological polar surface area (TPSA) is 128 Å². The van der Waals surface area contributed by atoms with Gasteiger partial charge in [0, 0.05) is 17.3 Å². The van der Waals surface area contributed by atoms with Crippen LogP contribution in [0.15, 0.2) is 38.8 Å². The molecule has 1 aromatic carbocycles. The Morgan fingerprint density at radius 3 is 3.00 bits per heavy atom. The Morgan fingerprint density at radius 2 is 2.27 bits per heavy atom. The fraction of sp³-hybridized carbons (Fsp3) is 0.286. The second-order valence-electron chi connectivity index (χ2n) is 4.70. The Kier molecular flexibility index (Phi) is 5.07. The molecule has 5 N–H and O–H groups in total. The van der Waals surface area contributed by atoms with Gasteiger partial charge in [-0.2, -0.15) is 9.98 Å². The van der Waals surface area contributed by atoms with Crippen molar-refractivity contribution in [2.45, 2.75) is 26.3 Å². The Morgan fingerprint density at radius 1 is 1.45 bits per heavy atom. The van der Waals surface area contributed by atoms with Crippen LogP contribution in [0.4, 0.5) is 11.7 Å². The molecule has 0 bridgehead atoms. The molecule has 0 radical (unpaired) electrons. The van der Waals surface area contributed by atoms with Gasteiger partial charge in [-0.05, 0) is 25.5 Å². The second-order valence-corrected chi connectivity index (χ2v) is 4.70. The van der Waals surface area contributed by atoms with Crippen molar-refractivity contribution >= 4 is 24.0 Å². The smallest absolute Gasteiger partial charge is 0.351 e. The van der Waals surface area contributed by atoms with Gasteiger partial charge in [0.1, 0.15) is 0 Å². The molecule has 2 rings (SSSR count). The van der Waals surface area contributed by atoms with Crippen LogP contribution in [0.3, 0.4) is 0 Å². The molecular formula is C14H19N7O. The van der Waals surface area contributed by atoms with E-state index in [2.05, 4.69) is 39.3 Å². The molecule has 1 heterocycles. The highest BCUT2D eigenvalue weighted by Crippen LogP contribution is 2.21. The van der Waals surface area contributed by atoms with Gasteiger partial charge in [-0.25, -0.2) is 0 Å². The van der Waals surface area contributed by atoms with Gasteiger partial charge in [-0.1, -0.05) is 24.2 Å². The van der Waals surface area contributed by atoms with Crippen LogP contribution < -0.4 is 16.8 Å². The van der Waals surface area contributed by atoms with E-state index in [9.17, 15) is 0 Å². The van der Waals surface area contributed by atoms with E-state index >= 15 is 0 Å². The quantitative estimate of drug-likeness (QED) is 0.552. The third-order valence-electron chi connectivity index (χ3n) is 2.91. The summed E-state index contributed by atoms with van der Waals surface area (Å²) in [5.41, 5.74) is 12.2. The number of nitrogens with one attached hydrogen (secondary N) is 1. The zero-order chi connectivity index (χ0) is 15.9. The fourth-order valence-electron chi connectivity index (χ4n) is 1.58. The van der Waals surface area contributed by atoms with Crippen molar-refractivity contribution in [1.29, 1.82) is 0 Å². The van der Waals surface area contributed by atoms with E-state index in [0.717, 1.165) is 17.7 Å². The number of aliphatic imine (C=N–C) groups is 2. The van der Waals surface area contributed by atoms with E-state index in [4.69, 9.17) is 16.0 Å². The van der Waals surface area contributed by atoms with E-state index in [1.165, 1.54) is 0 Å². The minimum atomic E-state index is -0.133. The summed E-state index contributed by atoms with van der Waals surface area (Å²) in [6.07, 6.45) is 2.68. The molecular weight excluding hydrogens is 282 g/mol. The number of nitrogens with two attached hydrogens (primary N) is 2. The molecule has 0 spiro atoms. The first-order valence-corrected chi connectivity index (χ1v) is 6.90. The van der Waals surface area contributed by atoms with Crippen molar-refractivity contribution in [2.75, 3.05) is 5.32 Å². The van der Waals surface area contributed by atoms with Crippen molar-refractivity contribution in [3.05, 3.63) is 24.3 Å². The van der Waals surface area contributed by atoms with Crippen LogP contribution in [0.25, 0.3) is 11.4 Å². The molecule has 1 atom stereocenters. The minimum absolute atomic E-state index is 0.0201. The highest BCUT2D eigenvalue weighted by Gasteiger charge is 2.08. The number of hydrogen-bond donors (Lipinski definition) is 3. The van der Waals surface area contributed by atoms with Gasteiger partial charge in [0.2, 0.25) is 5.82 Å². The molecule has 0 amide bonds. The lowest BCUT2D eigenvalue weighted by Gasteiger charge is -2.03. The first-order chi connectivity index (χ1) is 10.6. The molecule has 1 unspecified atom stereocenters. The van der Waals surface area contributed by atoms with Crippen molar-refractivity contribution in [2.24, 2.45) is 21.5 Å². The predicted octanol–water partition coefficient (Wildman–Crippen LogP) is 1.88. The number of rotatable bonds is 6. The molecule has 1 aromatic heterocycles. The third-order valence-corrected chi connectivity index (χ3v) is 2.91. The van der Waals surface area contributed by atoms with Gasteiger partial charge in [0.15, 0.2) is 5.96 Å². The Labute approximate surface area is 128 Å². The molecule has 0 aliphatic heterocycles. The summed E-state index contributed by atoms with van der Waals surface area (Å²) >= 11 is 0. The molecule has 2 aromatic rings. The molecule has 116 valence electrons. The largest absolute Gasteiger partial charge is 0.370 e. The monoisotopic (exact) mass is 301 g/mol. The van der Waals surface area contributed by atoms with Crippen molar-refractivity contribution in [3.63, 3.8) is 0 Å². The average Bonchev–Trinajstić information content (AvgIpc) is 2.95. The highest BCUT2D eigenvalue weighted by molar-refractivity contribution is 5.78. The lowest BCUT2D eigenvalue weighted by atomic mass is 10.2. The van der Waals surface area contributed by atoms with Crippen molar-refractivity contribution in [3.8, 4) is 11.4 Å². The summed E-state index contributed by atoms with van der Waals surface area (Å²) in [5, 5.41) is 6.95. The second kappa shape index (κ2) is 7.21. The molecule has 0 saturated heterocycles. The van der Waals surface area contributed by atoms with E-state index in [1.54, 1.807) is 6.34 Å². The average molecular weight is 301 g/mol. The number of aromatic nitrogens is 2. The summed E-state index contributed by atoms with van der Waals surface area (Å²) in [6.45, 7) is 4.14.